The average Bonchev–Trinajstić information content (AvgIpc) is 3.64. The fraction of sp³-hybridized carbons (Fsp3) is 0.182. The van der Waals surface area contributed by atoms with E-state index in [1.54, 1.807) is 22.3 Å². The molecule has 2 atom stereocenters. The van der Waals surface area contributed by atoms with Gasteiger partial charge in [-0.1, -0.05) is 13.8 Å². The van der Waals surface area contributed by atoms with Crippen molar-refractivity contribution in [3.63, 3.8) is 0 Å². The van der Waals surface area contributed by atoms with Crippen molar-refractivity contribution < 1.29 is 19.4 Å². The van der Waals surface area contributed by atoms with Gasteiger partial charge in [0.1, 0.15) is 0 Å². The molecule has 48 heavy (non-hydrogen) atoms. The average molecular weight is 765 g/mol. The van der Waals surface area contributed by atoms with Crippen LogP contribution >= 0.6 is 24.8 Å². The van der Waals surface area contributed by atoms with Crippen LogP contribution in [0.25, 0.3) is 56.0 Å². The molecule has 0 radical (unpaired) electrons. The molecule has 0 aromatic heterocycles. The zero-order valence-corrected chi connectivity index (χ0v) is 35.0. The largest absolute Gasteiger partial charge is 0.147 e. The minimum absolute atomic E-state index is 0. The first-order valence-corrected chi connectivity index (χ1v) is 30.0. The van der Waals surface area contributed by atoms with Gasteiger partial charge >= 0.3 is 270 Å². The molecular formula is C44H46Cl2SiZr. The van der Waals surface area contributed by atoms with Crippen molar-refractivity contribution in [3.8, 4) is 22.3 Å². The van der Waals surface area contributed by atoms with Crippen molar-refractivity contribution in [2.75, 3.05) is 0 Å². The maximum Gasteiger partial charge on any atom is -0.147 e. The summed E-state index contributed by atoms with van der Waals surface area (Å²) in [6.07, 6.45) is 5.13. The number of hydrogen-bond acceptors (Lipinski definition) is 0. The third-order valence-corrected chi connectivity index (χ3v) is 35.8. The molecule has 4 heteroatoms. The molecule has 0 nitrogen and oxygen atoms in total. The van der Waals surface area contributed by atoms with E-state index in [4.69, 9.17) is 0 Å². The smallest absolute Gasteiger partial charge is 0.147 e. The van der Waals surface area contributed by atoms with Crippen LogP contribution in [0.2, 0.25) is 4.13 Å². The Morgan fingerprint density at radius 1 is 0.500 bits per heavy atom. The van der Waals surface area contributed by atoms with Crippen molar-refractivity contribution >= 4 is 65.9 Å². The number of halogens is 2. The molecule has 0 amide bonds. The van der Waals surface area contributed by atoms with Crippen molar-refractivity contribution in [3.05, 3.63) is 155 Å². The van der Waals surface area contributed by atoms with Crippen LogP contribution in [0.3, 0.4) is 0 Å². The summed E-state index contributed by atoms with van der Waals surface area (Å²) in [5.41, 5.74) is 14.9. The molecule has 6 aromatic carbocycles. The first kappa shape index (κ1) is 36.3. The molecule has 2 unspecified atom stereocenters. The Morgan fingerprint density at radius 3 is 1.27 bits per heavy atom. The second kappa shape index (κ2) is 14.9. The van der Waals surface area contributed by atoms with E-state index in [1.165, 1.54) is 66.4 Å². The Morgan fingerprint density at radius 2 is 0.854 bits per heavy atom. The van der Waals surface area contributed by atoms with Crippen LogP contribution in [0.1, 0.15) is 64.1 Å². The van der Waals surface area contributed by atoms with E-state index < -0.39 is 19.4 Å². The van der Waals surface area contributed by atoms with Gasteiger partial charge in [-0.25, -0.2) is 0 Å². The summed E-state index contributed by atoms with van der Waals surface area (Å²) in [5.74, 6) is 0. The Kier molecular flexibility index (Phi) is 11.2. The summed E-state index contributed by atoms with van der Waals surface area (Å²) in [7, 11) is 1.31. The van der Waals surface area contributed by atoms with Gasteiger partial charge in [0.2, 0.25) is 0 Å². The van der Waals surface area contributed by atoms with Crippen molar-refractivity contribution in [2.45, 2.75) is 46.0 Å². The van der Waals surface area contributed by atoms with Crippen molar-refractivity contribution in [1.29, 1.82) is 0 Å². The molecular weight excluding hydrogens is 719 g/mol. The fourth-order valence-corrected chi connectivity index (χ4v) is 31.0. The van der Waals surface area contributed by atoms with E-state index in [2.05, 4.69) is 154 Å². The minimum Gasteiger partial charge on any atom is -0.147 e. The van der Waals surface area contributed by atoms with Gasteiger partial charge in [-0.3, -0.25) is 0 Å². The van der Waals surface area contributed by atoms with Gasteiger partial charge in [-0.2, -0.15) is 0 Å². The van der Waals surface area contributed by atoms with E-state index in [0.717, 1.165) is 0 Å². The Bertz CT molecular complexity index is 2020. The molecule has 0 heterocycles. The standard InChI is InChI=1S/2C20H15.C2H6.C2H5.2ClH.H3Si.Zr/c2*1-14-12-16-8-5-11-19(20(16)13-14)18-10-4-7-15-6-2-3-9-17(15)18;2*1-2;;;;/h2*2-13H,1H3;1-2H3;1H2,2H3;2*1H;1H3;. The third-order valence-electron chi connectivity index (χ3n) is 10.8. The van der Waals surface area contributed by atoms with E-state index in [0.29, 0.717) is 7.25 Å². The molecule has 8 rings (SSSR count). The summed E-state index contributed by atoms with van der Waals surface area (Å²) in [6.45, 7) is 11.4. The van der Waals surface area contributed by atoms with Crippen molar-refractivity contribution in [2.24, 2.45) is 0 Å². The Balaban J connectivity index is 0.00000111. The number of benzene rings is 6. The zero-order valence-electron chi connectivity index (χ0n) is 28.9. The molecule has 0 aliphatic heterocycles. The minimum atomic E-state index is -2.86. The van der Waals surface area contributed by atoms with E-state index in [1.807, 2.05) is 13.8 Å². The molecule has 0 fully saturated rings. The van der Waals surface area contributed by atoms with Gasteiger partial charge in [0.15, 0.2) is 0 Å². The fourth-order valence-electron chi connectivity index (χ4n) is 8.82. The monoisotopic (exact) mass is 762 g/mol. The first-order chi connectivity index (χ1) is 22.5. The van der Waals surface area contributed by atoms with Crippen LogP contribution in [-0.2, 0) is 19.4 Å². The molecule has 0 saturated heterocycles. The number of allylic oxidation sites excluding steroid dienone is 2. The molecule has 2 aliphatic rings. The van der Waals surface area contributed by atoms with E-state index in [-0.39, 0.29) is 24.8 Å². The number of hydrogen-bond donors (Lipinski definition) is 0. The van der Waals surface area contributed by atoms with Crippen LogP contribution < -0.4 is 0 Å². The molecule has 0 saturated carbocycles. The van der Waals surface area contributed by atoms with Crippen LogP contribution in [0.15, 0.2) is 132 Å². The van der Waals surface area contributed by atoms with Gasteiger partial charge in [-0.15, -0.1) is 24.8 Å². The summed E-state index contributed by atoms with van der Waals surface area (Å²) in [4.78, 5) is 0. The predicted molar refractivity (Wildman–Crippen MR) is 218 cm³/mol. The Labute approximate surface area is 306 Å². The van der Waals surface area contributed by atoms with Crippen LogP contribution in [-0.4, -0.2) is 7.37 Å². The molecule has 6 aromatic rings. The van der Waals surface area contributed by atoms with E-state index >= 15 is 0 Å². The molecule has 0 spiro atoms. The quantitative estimate of drug-likeness (QED) is 0.153. The van der Waals surface area contributed by atoms with Crippen molar-refractivity contribution in [1.82, 2.24) is 0 Å². The summed E-state index contributed by atoms with van der Waals surface area (Å²) >= 11 is -2.86. The zero-order chi connectivity index (χ0) is 32.0. The first-order valence-electron chi connectivity index (χ1n) is 17.1. The number of fused-ring (bicyclic) bond motifs is 4. The molecule has 0 N–H and O–H groups in total. The second-order valence-corrected chi connectivity index (χ2v) is 36.2. The molecule has 2 aliphatic carbocycles. The van der Waals surface area contributed by atoms with Gasteiger partial charge < -0.3 is 0 Å². The third kappa shape index (κ3) is 5.84. The molecule has 0 bridgehead atoms. The van der Waals surface area contributed by atoms with Gasteiger partial charge in [-0.05, 0) is 0 Å². The summed E-state index contributed by atoms with van der Waals surface area (Å²) in [5, 5.41) is 5.32. The normalized spacial score (nSPS) is 17.2. The van der Waals surface area contributed by atoms with Gasteiger partial charge in [0.25, 0.3) is 0 Å². The topological polar surface area (TPSA) is 0 Å². The Hall–Kier alpha value is -3.00. The summed E-state index contributed by atoms with van der Waals surface area (Å²) < 4.78 is 2.60. The SMILES string of the molecule is CC.C[CH2][Zr]([SiH3])([CH]1C(C)=Cc2c(-c3cccc4ccccc34)cccc21)[CH]1C(C)=Cc2c(-c3cccc4ccccc34)cccc21.Cl.Cl. The van der Waals surface area contributed by atoms with Crippen LogP contribution in [0, 0.1) is 0 Å². The summed E-state index contributed by atoms with van der Waals surface area (Å²) in [6, 6.07) is 45.6. The second-order valence-electron chi connectivity index (χ2n) is 13.2. The van der Waals surface area contributed by atoms with E-state index in [9.17, 15) is 0 Å². The van der Waals surface area contributed by atoms with Crippen LogP contribution in [0.5, 0.6) is 0 Å². The predicted octanol–water partition coefficient (Wildman–Crippen LogP) is 12.7. The maximum atomic E-state index is 2.57. The number of rotatable bonds is 5. The molecule has 244 valence electrons. The van der Waals surface area contributed by atoms with Gasteiger partial charge in [0.05, 0.1) is 0 Å². The van der Waals surface area contributed by atoms with Crippen LogP contribution in [0.4, 0.5) is 0 Å². The van der Waals surface area contributed by atoms with Gasteiger partial charge in [0, 0.05) is 0 Å². The maximum absolute atomic E-state index is 2.86.